The van der Waals surface area contributed by atoms with E-state index in [4.69, 9.17) is 0 Å². The van der Waals surface area contributed by atoms with Gasteiger partial charge in [0.15, 0.2) is 17.5 Å². The van der Waals surface area contributed by atoms with Crippen LogP contribution >= 0.6 is 11.3 Å². The lowest BCUT2D eigenvalue weighted by Gasteiger charge is -2.01. The molecule has 0 bridgehead atoms. The van der Waals surface area contributed by atoms with E-state index in [0.717, 1.165) is 23.5 Å². The summed E-state index contributed by atoms with van der Waals surface area (Å²) >= 11 is 1.07. The third-order valence-corrected chi connectivity index (χ3v) is 3.04. The molecule has 0 spiro atoms. The average Bonchev–Trinajstić information content (AvgIpc) is 2.72. The van der Waals surface area contributed by atoms with Gasteiger partial charge in [-0.2, -0.15) is 0 Å². The van der Waals surface area contributed by atoms with Crippen LogP contribution in [0.1, 0.15) is 20.2 Å². The molecule has 0 fully saturated rings. The molecule has 0 saturated carbocycles. The number of halogens is 3. The molecule has 2 aromatic rings. The van der Waals surface area contributed by atoms with Gasteiger partial charge in [-0.3, -0.25) is 4.79 Å². The van der Waals surface area contributed by atoms with Crippen LogP contribution in [0.4, 0.5) is 13.2 Å². The van der Waals surface area contributed by atoms with Crippen LogP contribution in [-0.4, -0.2) is 10.8 Å². The maximum absolute atomic E-state index is 13.4. The van der Waals surface area contributed by atoms with Gasteiger partial charge in [-0.1, -0.05) is 0 Å². The van der Waals surface area contributed by atoms with E-state index in [-0.39, 0.29) is 4.88 Å². The molecule has 88 valence electrons. The lowest BCUT2D eigenvalue weighted by Crippen LogP contribution is -2.05. The van der Waals surface area contributed by atoms with Crippen molar-refractivity contribution in [3.05, 3.63) is 51.2 Å². The van der Waals surface area contributed by atoms with Crippen LogP contribution in [0.15, 0.2) is 18.3 Å². The molecule has 0 aliphatic carbocycles. The molecule has 0 amide bonds. The van der Waals surface area contributed by atoms with Gasteiger partial charge in [0.05, 0.1) is 15.4 Å². The summed E-state index contributed by atoms with van der Waals surface area (Å²) < 4.78 is 39.0. The Morgan fingerprint density at radius 1 is 1.24 bits per heavy atom. The SMILES string of the molecule is Cc1ncc(C(=O)c2ccc(F)c(F)c2F)s1. The first kappa shape index (κ1) is 11.8. The lowest BCUT2D eigenvalue weighted by molar-refractivity contribution is 0.103. The monoisotopic (exact) mass is 257 g/mol. The van der Waals surface area contributed by atoms with Crippen molar-refractivity contribution in [2.75, 3.05) is 0 Å². The number of carbonyl (C=O) groups is 1. The molecule has 17 heavy (non-hydrogen) atoms. The van der Waals surface area contributed by atoms with Crippen LogP contribution in [-0.2, 0) is 0 Å². The molecule has 0 unspecified atom stereocenters. The Morgan fingerprint density at radius 2 is 1.94 bits per heavy atom. The molecule has 2 rings (SSSR count). The summed E-state index contributed by atoms with van der Waals surface area (Å²) in [6, 6.07) is 1.64. The summed E-state index contributed by atoms with van der Waals surface area (Å²) in [5, 5.41) is 0.636. The Hall–Kier alpha value is -1.69. The van der Waals surface area contributed by atoms with Gasteiger partial charge in [0, 0.05) is 6.20 Å². The van der Waals surface area contributed by atoms with E-state index in [1.807, 2.05) is 0 Å². The second-order valence-electron chi connectivity index (χ2n) is 3.30. The van der Waals surface area contributed by atoms with Gasteiger partial charge in [-0.05, 0) is 19.1 Å². The number of thiazole rings is 1. The molecule has 6 heteroatoms. The maximum Gasteiger partial charge on any atom is 0.207 e. The zero-order valence-corrected chi connectivity index (χ0v) is 9.45. The number of aryl methyl sites for hydroxylation is 1. The smallest absolute Gasteiger partial charge is 0.207 e. The highest BCUT2D eigenvalue weighted by Gasteiger charge is 2.21. The van der Waals surface area contributed by atoms with Gasteiger partial charge in [0.25, 0.3) is 0 Å². The quantitative estimate of drug-likeness (QED) is 0.611. The highest BCUT2D eigenvalue weighted by molar-refractivity contribution is 7.13. The Bertz CT molecular complexity index is 594. The van der Waals surface area contributed by atoms with Crippen molar-refractivity contribution < 1.29 is 18.0 Å². The highest BCUT2D eigenvalue weighted by atomic mass is 32.1. The first-order valence-electron chi connectivity index (χ1n) is 4.61. The maximum atomic E-state index is 13.4. The predicted molar refractivity (Wildman–Crippen MR) is 56.6 cm³/mol. The average molecular weight is 257 g/mol. The standard InChI is InChI=1S/C11H6F3NOS/c1-5-15-4-8(17-5)11(16)6-2-3-7(12)10(14)9(6)13/h2-4H,1H3. The zero-order chi connectivity index (χ0) is 12.6. The lowest BCUT2D eigenvalue weighted by atomic mass is 10.1. The minimum atomic E-state index is -1.64. The van der Waals surface area contributed by atoms with E-state index in [0.29, 0.717) is 5.01 Å². The number of ketones is 1. The van der Waals surface area contributed by atoms with Crippen molar-refractivity contribution in [3.63, 3.8) is 0 Å². The van der Waals surface area contributed by atoms with Crippen molar-refractivity contribution in [2.45, 2.75) is 6.92 Å². The highest BCUT2D eigenvalue weighted by Crippen LogP contribution is 2.21. The zero-order valence-electron chi connectivity index (χ0n) is 8.63. The molecule has 0 aliphatic rings. The van der Waals surface area contributed by atoms with Crippen LogP contribution in [0.3, 0.4) is 0 Å². The first-order chi connectivity index (χ1) is 8.00. The number of hydrogen-bond donors (Lipinski definition) is 0. The van der Waals surface area contributed by atoms with Gasteiger partial charge >= 0.3 is 0 Å². The molecular weight excluding hydrogens is 251 g/mol. The fourth-order valence-electron chi connectivity index (χ4n) is 1.30. The Balaban J connectivity index is 2.48. The van der Waals surface area contributed by atoms with E-state index in [1.54, 1.807) is 6.92 Å². The molecule has 0 atom stereocenters. The van der Waals surface area contributed by atoms with Crippen molar-refractivity contribution in [1.82, 2.24) is 4.98 Å². The van der Waals surface area contributed by atoms with Crippen molar-refractivity contribution in [2.24, 2.45) is 0 Å². The molecule has 0 radical (unpaired) electrons. The van der Waals surface area contributed by atoms with Crippen LogP contribution in [0.25, 0.3) is 0 Å². The molecule has 0 aliphatic heterocycles. The summed E-state index contributed by atoms with van der Waals surface area (Å²) in [6.45, 7) is 1.68. The van der Waals surface area contributed by atoms with Crippen molar-refractivity contribution >= 4 is 17.1 Å². The number of aromatic nitrogens is 1. The molecule has 2 nitrogen and oxygen atoms in total. The number of benzene rings is 1. The number of nitrogens with zero attached hydrogens (tertiary/aromatic N) is 1. The number of carbonyl (C=O) groups excluding carboxylic acids is 1. The molecule has 0 saturated heterocycles. The number of hydrogen-bond acceptors (Lipinski definition) is 3. The van der Waals surface area contributed by atoms with Crippen molar-refractivity contribution in [3.8, 4) is 0 Å². The first-order valence-corrected chi connectivity index (χ1v) is 5.43. The van der Waals surface area contributed by atoms with Crippen LogP contribution < -0.4 is 0 Å². The van der Waals surface area contributed by atoms with E-state index < -0.39 is 28.8 Å². The van der Waals surface area contributed by atoms with E-state index in [9.17, 15) is 18.0 Å². The Kier molecular flexibility index (Phi) is 2.97. The largest absolute Gasteiger partial charge is 0.288 e. The van der Waals surface area contributed by atoms with Crippen LogP contribution in [0.5, 0.6) is 0 Å². The van der Waals surface area contributed by atoms with Crippen LogP contribution in [0.2, 0.25) is 0 Å². The summed E-state index contributed by atoms with van der Waals surface area (Å²) in [5.41, 5.74) is -0.493. The minimum absolute atomic E-state index is 0.187. The molecule has 1 aromatic carbocycles. The molecular formula is C11H6F3NOS. The van der Waals surface area contributed by atoms with Gasteiger partial charge < -0.3 is 0 Å². The second-order valence-corrected chi connectivity index (χ2v) is 4.53. The number of rotatable bonds is 2. The summed E-state index contributed by atoms with van der Waals surface area (Å²) in [5.74, 6) is -5.13. The molecule has 1 aromatic heterocycles. The Morgan fingerprint density at radius 3 is 2.53 bits per heavy atom. The minimum Gasteiger partial charge on any atom is -0.288 e. The van der Waals surface area contributed by atoms with Gasteiger partial charge in [0.2, 0.25) is 5.78 Å². The topological polar surface area (TPSA) is 30.0 Å². The second kappa shape index (κ2) is 4.29. The van der Waals surface area contributed by atoms with E-state index in [1.165, 1.54) is 6.20 Å². The fourth-order valence-corrected chi connectivity index (χ4v) is 2.03. The summed E-state index contributed by atoms with van der Waals surface area (Å²) in [7, 11) is 0. The van der Waals surface area contributed by atoms with Gasteiger partial charge in [-0.25, -0.2) is 18.2 Å². The van der Waals surface area contributed by atoms with E-state index >= 15 is 0 Å². The third-order valence-electron chi connectivity index (χ3n) is 2.12. The normalized spacial score (nSPS) is 10.6. The fraction of sp³-hybridized carbons (Fsp3) is 0.0909. The summed E-state index contributed by atoms with van der Waals surface area (Å²) in [6.07, 6.45) is 1.28. The van der Waals surface area contributed by atoms with E-state index in [2.05, 4.69) is 4.98 Å². The van der Waals surface area contributed by atoms with Crippen LogP contribution in [0, 0.1) is 24.4 Å². The van der Waals surface area contributed by atoms with Gasteiger partial charge in [-0.15, -0.1) is 11.3 Å². The Labute approximate surface area is 98.7 Å². The van der Waals surface area contributed by atoms with Crippen molar-refractivity contribution in [1.29, 1.82) is 0 Å². The molecule has 0 N–H and O–H groups in total. The molecule has 1 heterocycles. The third kappa shape index (κ3) is 2.08. The predicted octanol–water partition coefficient (Wildman–Crippen LogP) is 3.10. The van der Waals surface area contributed by atoms with Gasteiger partial charge in [0.1, 0.15) is 0 Å². The summed E-state index contributed by atoms with van der Waals surface area (Å²) in [4.78, 5) is 15.8.